The highest BCUT2D eigenvalue weighted by Gasteiger charge is 2.25. The minimum atomic E-state index is 0.568. The number of furan rings is 1. The van der Waals surface area contributed by atoms with Gasteiger partial charge in [-0.1, -0.05) is 194 Å². The first kappa shape index (κ1) is 38.1. The van der Waals surface area contributed by atoms with Crippen molar-refractivity contribution in [2.75, 3.05) is 0 Å². The summed E-state index contributed by atoms with van der Waals surface area (Å²) < 4.78 is 9.38. The molecule has 3 heterocycles. The molecule has 14 aromatic rings. The van der Waals surface area contributed by atoms with Gasteiger partial charge in [-0.2, -0.15) is 0 Å². The van der Waals surface area contributed by atoms with Crippen molar-refractivity contribution in [3.8, 4) is 62.1 Å². The molecule has 0 saturated carbocycles. The summed E-state index contributed by atoms with van der Waals surface area (Å²) in [4.78, 5) is 16.0. The Bertz CT molecular complexity index is 4180. The smallest absolute Gasteiger partial charge is 0.165 e. The van der Waals surface area contributed by atoms with Gasteiger partial charge in [0.05, 0.1) is 11.0 Å². The molecule has 0 atom stereocenters. The van der Waals surface area contributed by atoms with E-state index in [9.17, 15) is 0 Å². The van der Waals surface area contributed by atoms with Gasteiger partial charge >= 0.3 is 0 Å². The molecule has 0 spiro atoms. The lowest BCUT2D eigenvalue weighted by Crippen LogP contribution is -2.03. The second-order valence-electron chi connectivity index (χ2n) is 17.5. The number of hydrogen-bond acceptors (Lipinski definition) is 4. The molecule has 0 fully saturated rings. The van der Waals surface area contributed by atoms with Crippen LogP contribution in [0.4, 0.5) is 0 Å². The third-order valence-electron chi connectivity index (χ3n) is 13.6. The largest absolute Gasteiger partial charge is 0.455 e. The van der Waals surface area contributed by atoms with Crippen LogP contribution < -0.4 is 0 Å². The number of hydrogen-bond donors (Lipinski definition) is 0. The molecular formula is C63H38N4O. The van der Waals surface area contributed by atoms with Gasteiger partial charge in [0, 0.05) is 49.5 Å². The maximum atomic E-state index is 6.99. The Kier molecular flexibility index (Phi) is 8.52. The zero-order valence-corrected chi connectivity index (χ0v) is 36.6. The van der Waals surface area contributed by atoms with Crippen molar-refractivity contribution in [1.29, 1.82) is 0 Å². The predicted molar refractivity (Wildman–Crippen MR) is 281 cm³/mol. The molecule has 5 nitrogen and oxygen atoms in total. The average molecular weight is 867 g/mol. The van der Waals surface area contributed by atoms with Gasteiger partial charge in [-0.05, 0) is 85.4 Å². The van der Waals surface area contributed by atoms with E-state index < -0.39 is 0 Å². The van der Waals surface area contributed by atoms with Crippen molar-refractivity contribution in [2.45, 2.75) is 0 Å². The van der Waals surface area contributed by atoms with Crippen LogP contribution in [0.25, 0.3) is 138 Å². The van der Waals surface area contributed by atoms with Crippen molar-refractivity contribution in [3.05, 3.63) is 231 Å². The zero-order valence-electron chi connectivity index (χ0n) is 36.6. The summed E-state index contributed by atoms with van der Waals surface area (Å²) in [5.74, 6) is 1.76. The maximum Gasteiger partial charge on any atom is 0.165 e. The van der Waals surface area contributed by atoms with Crippen LogP contribution in [-0.4, -0.2) is 19.5 Å². The number of aromatic nitrogens is 4. The Morgan fingerprint density at radius 2 is 0.779 bits per heavy atom. The molecule has 3 aromatic heterocycles. The van der Waals surface area contributed by atoms with Crippen LogP contribution in [0, 0.1) is 0 Å². The summed E-state index contributed by atoms with van der Waals surface area (Å²) in [6.07, 6.45) is 0. The molecule has 14 rings (SSSR count). The predicted octanol–water partition coefficient (Wildman–Crippen LogP) is 16.7. The second-order valence-corrected chi connectivity index (χ2v) is 17.5. The first-order chi connectivity index (χ1) is 33.7. The number of nitrogens with zero attached hydrogens (tertiary/aromatic N) is 4. The van der Waals surface area contributed by atoms with Gasteiger partial charge in [-0.15, -0.1) is 0 Å². The summed E-state index contributed by atoms with van der Waals surface area (Å²) in [6.45, 7) is 0. The van der Waals surface area contributed by atoms with Crippen LogP contribution in [0.5, 0.6) is 0 Å². The van der Waals surface area contributed by atoms with Gasteiger partial charge in [-0.3, -0.25) is 0 Å². The average Bonchev–Trinajstić information content (AvgIpc) is 3.97. The van der Waals surface area contributed by atoms with E-state index in [4.69, 9.17) is 19.4 Å². The minimum absolute atomic E-state index is 0.568. The molecule has 5 heteroatoms. The fourth-order valence-electron chi connectivity index (χ4n) is 10.6. The molecule has 0 saturated heterocycles. The van der Waals surface area contributed by atoms with E-state index in [2.05, 4.69) is 193 Å². The highest BCUT2D eigenvalue weighted by atomic mass is 16.3. The van der Waals surface area contributed by atoms with E-state index in [1.54, 1.807) is 0 Å². The lowest BCUT2D eigenvalue weighted by molar-refractivity contribution is 0.670. The maximum absolute atomic E-state index is 6.99. The lowest BCUT2D eigenvalue weighted by atomic mass is 9.88. The van der Waals surface area contributed by atoms with Gasteiger partial charge < -0.3 is 8.98 Å². The summed E-state index contributed by atoms with van der Waals surface area (Å²) in [5.41, 5.74) is 11.6. The first-order valence-electron chi connectivity index (χ1n) is 23.0. The first-order valence-corrected chi connectivity index (χ1v) is 23.0. The van der Waals surface area contributed by atoms with E-state index in [-0.39, 0.29) is 0 Å². The molecule has 0 N–H and O–H groups in total. The normalized spacial score (nSPS) is 11.8. The van der Waals surface area contributed by atoms with Crippen LogP contribution in [0.1, 0.15) is 0 Å². The van der Waals surface area contributed by atoms with Crippen molar-refractivity contribution < 1.29 is 4.42 Å². The van der Waals surface area contributed by atoms with E-state index in [0.717, 1.165) is 77.6 Å². The van der Waals surface area contributed by atoms with Gasteiger partial charge in [-0.25, -0.2) is 15.0 Å². The summed E-state index contributed by atoms with van der Waals surface area (Å²) in [7, 11) is 0. The van der Waals surface area contributed by atoms with Crippen molar-refractivity contribution in [3.63, 3.8) is 0 Å². The van der Waals surface area contributed by atoms with Gasteiger partial charge in [0.1, 0.15) is 11.2 Å². The number of para-hydroxylation sites is 3. The molecule has 68 heavy (non-hydrogen) atoms. The highest BCUT2D eigenvalue weighted by Crippen LogP contribution is 2.47. The molecule has 0 aliphatic heterocycles. The standard InChI is InChI=1S/C63H38N4O/c1-3-18-39(19-4-1)61-64-62(40-20-5-2-6-21-40)66-63(65-61)59-43(41-34-35-48-46-24-8-7-22-44(46)45-23-9-10-25-47(45)53(48)36-41)29-17-30-52(59)55-38-42(37-54-51-28-13-16-33-58(51)68-60(54)55)67-56-31-14-11-26-49(56)50-27-12-15-32-57(50)67/h1-38H. The van der Waals surface area contributed by atoms with Crippen molar-refractivity contribution >= 4 is 76.1 Å². The number of rotatable bonds is 6. The lowest BCUT2D eigenvalue weighted by Gasteiger charge is -2.18. The molecule has 0 aliphatic rings. The van der Waals surface area contributed by atoms with Gasteiger partial charge in [0.15, 0.2) is 17.5 Å². The zero-order chi connectivity index (χ0) is 44.7. The molecular weight excluding hydrogens is 829 g/mol. The van der Waals surface area contributed by atoms with Crippen molar-refractivity contribution in [1.82, 2.24) is 19.5 Å². The quantitative estimate of drug-likeness (QED) is 0.156. The summed E-state index contributed by atoms with van der Waals surface area (Å²) in [6, 6.07) is 81.6. The summed E-state index contributed by atoms with van der Waals surface area (Å²) in [5, 5.41) is 11.8. The number of benzene rings is 11. The van der Waals surface area contributed by atoms with E-state index in [1.807, 2.05) is 42.5 Å². The molecule has 0 radical (unpaired) electrons. The van der Waals surface area contributed by atoms with Crippen molar-refractivity contribution in [2.24, 2.45) is 0 Å². The topological polar surface area (TPSA) is 56.7 Å². The Labute approximate surface area is 390 Å². The second kappa shape index (κ2) is 15.2. The SMILES string of the molecule is c1ccc(-c2nc(-c3ccccc3)nc(-c3c(-c4ccc5c6ccccc6c6ccccc6c5c4)cccc3-c3cc(-n4c5ccccc5c5ccccc54)cc4c3oc3ccccc34)n2)cc1. The number of fused-ring (bicyclic) bond motifs is 12. The minimum Gasteiger partial charge on any atom is -0.455 e. The van der Waals surface area contributed by atoms with Gasteiger partial charge in [0.2, 0.25) is 0 Å². The van der Waals surface area contributed by atoms with Crippen LogP contribution in [0.3, 0.4) is 0 Å². The van der Waals surface area contributed by atoms with Gasteiger partial charge in [0.25, 0.3) is 0 Å². The summed E-state index contributed by atoms with van der Waals surface area (Å²) >= 11 is 0. The third-order valence-corrected chi connectivity index (χ3v) is 13.6. The van der Waals surface area contributed by atoms with Crippen LogP contribution >= 0.6 is 0 Å². The molecule has 0 amide bonds. The molecule has 0 bridgehead atoms. The fourth-order valence-corrected chi connectivity index (χ4v) is 10.6. The van der Waals surface area contributed by atoms with Crippen LogP contribution in [-0.2, 0) is 0 Å². The Morgan fingerprint density at radius 3 is 1.40 bits per heavy atom. The molecule has 0 unspecified atom stereocenters. The third kappa shape index (κ3) is 5.93. The molecule has 316 valence electrons. The van der Waals surface area contributed by atoms with E-state index in [0.29, 0.717) is 17.5 Å². The van der Waals surface area contributed by atoms with Crippen LogP contribution in [0.15, 0.2) is 235 Å². The Morgan fingerprint density at radius 1 is 0.294 bits per heavy atom. The van der Waals surface area contributed by atoms with E-state index >= 15 is 0 Å². The monoisotopic (exact) mass is 866 g/mol. The fraction of sp³-hybridized carbons (Fsp3) is 0. The molecule has 11 aromatic carbocycles. The Balaban J connectivity index is 1.12. The van der Waals surface area contributed by atoms with E-state index in [1.165, 1.54) is 43.1 Å². The van der Waals surface area contributed by atoms with Crippen LogP contribution in [0.2, 0.25) is 0 Å². The Hall–Kier alpha value is -9.19. The molecule has 0 aliphatic carbocycles. The highest BCUT2D eigenvalue weighted by molar-refractivity contribution is 6.26.